The second-order valence-electron chi connectivity index (χ2n) is 6.13. The van der Waals surface area contributed by atoms with Gasteiger partial charge in [0.15, 0.2) is 11.0 Å². The number of urea groups is 1. The van der Waals surface area contributed by atoms with Crippen molar-refractivity contribution in [2.75, 3.05) is 12.3 Å². The summed E-state index contributed by atoms with van der Waals surface area (Å²) in [6.45, 7) is 8.36. The highest BCUT2D eigenvalue weighted by Gasteiger charge is 2.19. The minimum Gasteiger partial charge on any atom is -0.334 e. The van der Waals surface area contributed by atoms with Gasteiger partial charge in [-0.3, -0.25) is 10.1 Å². The number of thioether (sulfide) groups is 1. The molecule has 0 aliphatic heterocycles. The molecule has 0 radical (unpaired) electrons. The molecule has 144 valence electrons. The molecule has 27 heavy (non-hydrogen) atoms. The van der Waals surface area contributed by atoms with E-state index in [-0.39, 0.29) is 24.0 Å². The highest BCUT2D eigenvalue weighted by atomic mass is 32.2. The van der Waals surface area contributed by atoms with E-state index in [4.69, 9.17) is 0 Å². The van der Waals surface area contributed by atoms with E-state index in [1.54, 1.807) is 22.8 Å². The van der Waals surface area contributed by atoms with Gasteiger partial charge in [0.1, 0.15) is 5.82 Å². The van der Waals surface area contributed by atoms with Crippen molar-refractivity contribution >= 4 is 23.7 Å². The lowest BCUT2D eigenvalue weighted by Gasteiger charge is -2.12. The second kappa shape index (κ2) is 9.86. The minimum atomic E-state index is -0.587. The molecular weight excluding hydrogens is 369 g/mol. The number of nitrogens with one attached hydrogen (secondary N) is 2. The minimum absolute atomic E-state index is 0.0188. The number of amides is 3. The Kier molecular flexibility index (Phi) is 7.54. The van der Waals surface area contributed by atoms with E-state index in [0.717, 1.165) is 11.8 Å². The third-order valence-electron chi connectivity index (χ3n) is 3.37. The molecule has 0 unspecified atom stereocenters. The third-order valence-corrected chi connectivity index (χ3v) is 4.34. The van der Waals surface area contributed by atoms with Crippen LogP contribution in [0.25, 0.3) is 11.4 Å². The number of hydrogen-bond acceptors (Lipinski definition) is 5. The molecule has 2 rings (SSSR count). The first-order valence-corrected chi connectivity index (χ1v) is 9.40. The van der Waals surface area contributed by atoms with E-state index < -0.39 is 11.9 Å². The summed E-state index contributed by atoms with van der Waals surface area (Å²) in [7, 11) is 0. The highest BCUT2D eigenvalue weighted by molar-refractivity contribution is 7.99. The molecule has 1 heterocycles. The fourth-order valence-corrected chi connectivity index (χ4v) is 3.02. The van der Waals surface area contributed by atoms with Crippen LogP contribution in [-0.4, -0.2) is 39.0 Å². The normalized spacial score (nSPS) is 10.7. The van der Waals surface area contributed by atoms with Gasteiger partial charge in [0, 0.05) is 13.1 Å². The lowest BCUT2D eigenvalue weighted by Crippen LogP contribution is -2.40. The maximum Gasteiger partial charge on any atom is 0.321 e. The molecule has 1 aromatic carbocycles. The van der Waals surface area contributed by atoms with Crippen molar-refractivity contribution in [1.29, 1.82) is 0 Å². The Morgan fingerprint density at radius 2 is 2.07 bits per heavy atom. The van der Waals surface area contributed by atoms with Gasteiger partial charge in [0.2, 0.25) is 5.91 Å². The van der Waals surface area contributed by atoms with Crippen LogP contribution in [0.15, 0.2) is 42.1 Å². The van der Waals surface area contributed by atoms with Crippen molar-refractivity contribution in [2.24, 2.45) is 5.92 Å². The average Bonchev–Trinajstić information content (AvgIpc) is 3.00. The molecule has 0 saturated heterocycles. The molecular formula is C18H22FN5O2S. The first-order valence-electron chi connectivity index (χ1n) is 8.41. The monoisotopic (exact) mass is 391 g/mol. The van der Waals surface area contributed by atoms with Crippen LogP contribution in [0.1, 0.15) is 13.8 Å². The number of aromatic nitrogens is 3. The molecule has 2 N–H and O–H groups in total. The Morgan fingerprint density at radius 1 is 1.33 bits per heavy atom. The Balaban J connectivity index is 2.13. The molecule has 2 aromatic rings. The van der Waals surface area contributed by atoms with Crippen LogP contribution in [0.3, 0.4) is 0 Å². The number of halogens is 1. The zero-order valence-electron chi connectivity index (χ0n) is 15.2. The van der Waals surface area contributed by atoms with Crippen LogP contribution >= 0.6 is 11.8 Å². The van der Waals surface area contributed by atoms with Gasteiger partial charge in [-0.25, -0.2) is 9.18 Å². The number of rotatable bonds is 8. The summed E-state index contributed by atoms with van der Waals surface area (Å²) in [4.78, 5) is 23.4. The molecule has 3 amide bonds. The van der Waals surface area contributed by atoms with Crippen LogP contribution in [-0.2, 0) is 11.3 Å². The summed E-state index contributed by atoms with van der Waals surface area (Å²) in [6.07, 6.45) is 1.51. The summed E-state index contributed by atoms with van der Waals surface area (Å²) in [6, 6.07) is 5.76. The maximum absolute atomic E-state index is 14.2. The third kappa shape index (κ3) is 5.92. The summed E-state index contributed by atoms with van der Waals surface area (Å²) >= 11 is 1.14. The Bertz CT molecular complexity index is 822. The molecule has 0 fully saturated rings. The fourth-order valence-electron chi connectivity index (χ4n) is 2.27. The van der Waals surface area contributed by atoms with Gasteiger partial charge >= 0.3 is 6.03 Å². The lowest BCUT2D eigenvalue weighted by molar-refractivity contribution is -0.117. The molecule has 0 atom stereocenters. The van der Waals surface area contributed by atoms with Gasteiger partial charge in [-0.2, -0.15) is 0 Å². The van der Waals surface area contributed by atoms with E-state index >= 15 is 0 Å². The van der Waals surface area contributed by atoms with Crippen LogP contribution in [0.5, 0.6) is 0 Å². The molecule has 0 aliphatic carbocycles. The molecule has 0 bridgehead atoms. The first-order chi connectivity index (χ1) is 12.9. The summed E-state index contributed by atoms with van der Waals surface area (Å²) in [5, 5.41) is 13.4. The number of carbonyl (C=O) groups excluding carboxylic acids is 2. The SMILES string of the molecule is C=CCNC(=O)NC(=O)CSc1nnc(-c2ccccc2F)n1CC(C)C. The Labute approximate surface area is 161 Å². The number of imide groups is 1. The highest BCUT2D eigenvalue weighted by Crippen LogP contribution is 2.26. The van der Waals surface area contributed by atoms with Gasteiger partial charge in [0.05, 0.1) is 11.3 Å². The average molecular weight is 391 g/mol. The zero-order chi connectivity index (χ0) is 19.8. The lowest BCUT2D eigenvalue weighted by atomic mass is 10.2. The molecule has 0 saturated carbocycles. The van der Waals surface area contributed by atoms with E-state index in [1.807, 2.05) is 13.8 Å². The van der Waals surface area contributed by atoms with Crippen LogP contribution in [0.4, 0.5) is 9.18 Å². The van der Waals surface area contributed by atoms with E-state index in [0.29, 0.717) is 23.1 Å². The second-order valence-corrected chi connectivity index (χ2v) is 7.07. The van der Waals surface area contributed by atoms with Crippen molar-refractivity contribution in [3.63, 3.8) is 0 Å². The van der Waals surface area contributed by atoms with Crippen molar-refractivity contribution in [3.05, 3.63) is 42.7 Å². The van der Waals surface area contributed by atoms with Crippen molar-refractivity contribution in [3.8, 4) is 11.4 Å². The van der Waals surface area contributed by atoms with Crippen molar-refractivity contribution in [2.45, 2.75) is 25.5 Å². The van der Waals surface area contributed by atoms with Crippen molar-refractivity contribution in [1.82, 2.24) is 25.4 Å². The predicted octanol–water partition coefficient (Wildman–Crippen LogP) is 2.84. The standard InChI is InChI=1S/C18H22FN5O2S/c1-4-9-20-17(26)21-15(25)11-27-18-23-22-16(24(18)10-12(2)3)13-7-5-6-8-14(13)19/h4-8,12H,1,9-11H2,2-3H3,(H2,20,21,25,26). The van der Waals surface area contributed by atoms with Gasteiger partial charge in [-0.15, -0.1) is 16.8 Å². The number of nitrogens with zero attached hydrogens (tertiary/aromatic N) is 3. The smallest absolute Gasteiger partial charge is 0.321 e. The largest absolute Gasteiger partial charge is 0.334 e. The van der Waals surface area contributed by atoms with Crippen LogP contribution in [0.2, 0.25) is 0 Å². The van der Waals surface area contributed by atoms with E-state index in [9.17, 15) is 14.0 Å². The van der Waals surface area contributed by atoms with Gasteiger partial charge in [0.25, 0.3) is 0 Å². The molecule has 0 spiro atoms. The van der Waals surface area contributed by atoms with Gasteiger partial charge in [-0.05, 0) is 18.1 Å². The summed E-state index contributed by atoms with van der Waals surface area (Å²) in [5.74, 6) is -0.191. The fraction of sp³-hybridized carbons (Fsp3) is 0.333. The number of hydrogen-bond donors (Lipinski definition) is 2. The summed E-state index contributed by atoms with van der Waals surface area (Å²) < 4.78 is 15.9. The van der Waals surface area contributed by atoms with E-state index in [2.05, 4.69) is 27.4 Å². The van der Waals surface area contributed by atoms with E-state index in [1.165, 1.54) is 12.1 Å². The molecule has 9 heteroatoms. The summed E-state index contributed by atoms with van der Waals surface area (Å²) in [5.41, 5.74) is 0.353. The zero-order valence-corrected chi connectivity index (χ0v) is 16.1. The first kappa shape index (κ1) is 20.6. The molecule has 0 aliphatic rings. The topological polar surface area (TPSA) is 88.9 Å². The predicted molar refractivity (Wildman–Crippen MR) is 103 cm³/mol. The van der Waals surface area contributed by atoms with Gasteiger partial charge in [-0.1, -0.05) is 43.8 Å². The number of carbonyl (C=O) groups is 2. The van der Waals surface area contributed by atoms with Crippen molar-refractivity contribution < 1.29 is 14.0 Å². The Hall–Kier alpha value is -2.68. The molecule has 1 aromatic heterocycles. The Morgan fingerprint density at radius 3 is 2.74 bits per heavy atom. The number of benzene rings is 1. The quantitative estimate of drug-likeness (QED) is 0.534. The van der Waals surface area contributed by atoms with Crippen LogP contribution < -0.4 is 10.6 Å². The van der Waals surface area contributed by atoms with Gasteiger partial charge < -0.3 is 9.88 Å². The van der Waals surface area contributed by atoms with Crippen LogP contribution in [0, 0.1) is 11.7 Å². The maximum atomic E-state index is 14.2. The molecule has 7 nitrogen and oxygen atoms in total.